The van der Waals surface area contributed by atoms with Gasteiger partial charge in [0.25, 0.3) is 0 Å². The zero-order valence-electron chi connectivity index (χ0n) is 12.5. The van der Waals surface area contributed by atoms with E-state index in [1.54, 1.807) is 0 Å². The zero-order valence-corrected chi connectivity index (χ0v) is 12.5. The van der Waals surface area contributed by atoms with Crippen LogP contribution < -0.4 is 5.32 Å². The van der Waals surface area contributed by atoms with Crippen LogP contribution in [-0.4, -0.2) is 31.6 Å². The summed E-state index contributed by atoms with van der Waals surface area (Å²) in [5.41, 5.74) is 2.89. The summed E-state index contributed by atoms with van der Waals surface area (Å²) >= 11 is 0. The van der Waals surface area contributed by atoms with E-state index in [4.69, 9.17) is 0 Å². The quantitative estimate of drug-likeness (QED) is 0.798. The van der Waals surface area contributed by atoms with Gasteiger partial charge in [-0.05, 0) is 37.6 Å². The number of rotatable bonds is 7. The van der Waals surface area contributed by atoms with Crippen molar-refractivity contribution in [3.8, 4) is 0 Å². The van der Waals surface area contributed by atoms with Crippen molar-refractivity contribution >= 4 is 0 Å². The maximum atomic E-state index is 3.70. The van der Waals surface area contributed by atoms with Gasteiger partial charge in [-0.15, -0.1) is 0 Å². The van der Waals surface area contributed by atoms with Gasteiger partial charge in [0.1, 0.15) is 0 Å². The van der Waals surface area contributed by atoms with Crippen molar-refractivity contribution in [1.29, 1.82) is 0 Å². The van der Waals surface area contributed by atoms with Crippen LogP contribution in [0.25, 0.3) is 0 Å². The highest BCUT2D eigenvalue weighted by Gasteiger charge is 2.13. The molecule has 0 heterocycles. The molecule has 0 aromatic heterocycles. The summed E-state index contributed by atoms with van der Waals surface area (Å²) in [7, 11) is 4.27. The van der Waals surface area contributed by atoms with Crippen LogP contribution in [0.5, 0.6) is 0 Å². The number of hydrogen-bond acceptors (Lipinski definition) is 2. The number of likely N-dealkylation sites (N-methyl/N-ethyl adjacent to an activating group) is 1. The molecule has 0 saturated heterocycles. The van der Waals surface area contributed by atoms with Gasteiger partial charge >= 0.3 is 0 Å². The predicted molar refractivity (Wildman–Crippen MR) is 79.8 cm³/mol. The third-order valence-electron chi connectivity index (χ3n) is 3.42. The molecular formula is C16H28N2. The minimum atomic E-state index is 0.546. The summed E-state index contributed by atoms with van der Waals surface area (Å²) in [6.07, 6.45) is 1.11. The van der Waals surface area contributed by atoms with Gasteiger partial charge in [0.15, 0.2) is 0 Å². The number of nitrogens with zero attached hydrogens (tertiary/aromatic N) is 1. The smallest absolute Gasteiger partial charge is 0.0220 e. The van der Waals surface area contributed by atoms with E-state index < -0.39 is 0 Å². The average molecular weight is 248 g/mol. The van der Waals surface area contributed by atoms with Crippen molar-refractivity contribution in [2.45, 2.75) is 39.8 Å². The monoisotopic (exact) mass is 248 g/mol. The fourth-order valence-electron chi connectivity index (χ4n) is 2.22. The SMILES string of the molecule is CCc1ccccc1CNC(CN(C)C)C(C)C. The molecule has 1 N–H and O–H groups in total. The molecule has 0 aliphatic carbocycles. The summed E-state index contributed by atoms with van der Waals surface area (Å²) < 4.78 is 0. The Labute approximate surface area is 112 Å². The van der Waals surface area contributed by atoms with Crippen molar-refractivity contribution in [2.24, 2.45) is 5.92 Å². The van der Waals surface area contributed by atoms with Crippen molar-refractivity contribution in [3.05, 3.63) is 35.4 Å². The van der Waals surface area contributed by atoms with Gasteiger partial charge in [-0.2, -0.15) is 0 Å². The number of hydrogen-bond donors (Lipinski definition) is 1. The fraction of sp³-hybridized carbons (Fsp3) is 0.625. The molecule has 0 saturated carbocycles. The maximum absolute atomic E-state index is 3.70. The molecule has 102 valence electrons. The predicted octanol–water partition coefficient (Wildman–Crippen LogP) is 2.92. The summed E-state index contributed by atoms with van der Waals surface area (Å²) in [6.45, 7) is 8.85. The molecule has 0 aliphatic rings. The van der Waals surface area contributed by atoms with Crippen LogP contribution in [0.2, 0.25) is 0 Å². The van der Waals surface area contributed by atoms with Crippen LogP contribution in [0.15, 0.2) is 24.3 Å². The zero-order chi connectivity index (χ0) is 13.5. The van der Waals surface area contributed by atoms with Gasteiger partial charge in [-0.25, -0.2) is 0 Å². The number of aryl methyl sites for hydroxylation is 1. The first kappa shape index (κ1) is 15.2. The molecule has 0 amide bonds. The van der Waals surface area contributed by atoms with Crippen molar-refractivity contribution in [1.82, 2.24) is 10.2 Å². The third kappa shape index (κ3) is 4.79. The van der Waals surface area contributed by atoms with Crippen molar-refractivity contribution in [2.75, 3.05) is 20.6 Å². The van der Waals surface area contributed by atoms with Gasteiger partial charge in [0.05, 0.1) is 0 Å². The molecule has 1 aromatic rings. The Kier molecular flexibility index (Phi) is 6.37. The van der Waals surface area contributed by atoms with E-state index in [1.807, 2.05) is 0 Å². The van der Waals surface area contributed by atoms with E-state index in [0.29, 0.717) is 12.0 Å². The average Bonchev–Trinajstić information content (AvgIpc) is 2.34. The molecule has 0 fully saturated rings. The summed E-state index contributed by atoms with van der Waals surface area (Å²) in [6, 6.07) is 9.27. The van der Waals surface area contributed by atoms with Crippen LogP contribution in [0, 0.1) is 5.92 Å². The Bertz CT molecular complexity index is 345. The van der Waals surface area contributed by atoms with Crippen LogP contribution in [0.1, 0.15) is 31.9 Å². The standard InChI is InChI=1S/C16H28N2/c1-6-14-9-7-8-10-15(14)11-17-16(13(2)3)12-18(4)5/h7-10,13,16-17H,6,11-12H2,1-5H3. The molecule has 1 rings (SSSR count). The van der Waals surface area contributed by atoms with Gasteiger partial charge < -0.3 is 10.2 Å². The summed E-state index contributed by atoms with van der Waals surface area (Å²) in [5, 5.41) is 3.70. The third-order valence-corrected chi connectivity index (χ3v) is 3.42. The Morgan fingerprint density at radius 2 is 1.72 bits per heavy atom. The molecule has 1 aromatic carbocycles. The van der Waals surface area contributed by atoms with E-state index in [0.717, 1.165) is 19.5 Å². The van der Waals surface area contributed by atoms with Crippen molar-refractivity contribution in [3.63, 3.8) is 0 Å². The number of benzene rings is 1. The molecule has 0 aliphatic heterocycles. The molecule has 2 nitrogen and oxygen atoms in total. The normalized spacial score (nSPS) is 13.3. The van der Waals surface area contributed by atoms with Gasteiger partial charge in [0.2, 0.25) is 0 Å². The second-order valence-electron chi connectivity index (χ2n) is 5.62. The molecular weight excluding hydrogens is 220 g/mol. The lowest BCUT2D eigenvalue weighted by atomic mass is 10.0. The molecule has 0 spiro atoms. The van der Waals surface area contributed by atoms with E-state index in [9.17, 15) is 0 Å². The minimum Gasteiger partial charge on any atom is -0.308 e. The Morgan fingerprint density at radius 3 is 2.22 bits per heavy atom. The highest BCUT2D eigenvalue weighted by molar-refractivity contribution is 5.26. The molecule has 0 bridgehead atoms. The fourth-order valence-corrected chi connectivity index (χ4v) is 2.22. The first-order valence-corrected chi connectivity index (χ1v) is 6.99. The second-order valence-corrected chi connectivity index (χ2v) is 5.62. The highest BCUT2D eigenvalue weighted by Crippen LogP contribution is 2.11. The largest absolute Gasteiger partial charge is 0.308 e. The molecule has 0 radical (unpaired) electrons. The van der Waals surface area contributed by atoms with Crippen LogP contribution in [0.3, 0.4) is 0 Å². The lowest BCUT2D eigenvalue weighted by Crippen LogP contribution is -2.41. The first-order valence-electron chi connectivity index (χ1n) is 6.99. The maximum Gasteiger partial charge on any atom is 0.0220 e. The van der Waals surface area contributed by atoms with E-state index >= 15 is 0 Å². The number of nitrogens with one attached hydrogen (secondary N) is 1. The summed E-state index contributed by atoms with van der Waals surface area (Å²) in [5.74, 6) is 0.654. The molecule has 2 heteroatoms. The van der Waals surface area contributed by atoms with Gasteiger partial charge in [-0.3, -0.25) is 0 Å². The first-order chi connectivity index (χ1) is 8.54. The molecule has 18 heavy (non-hydrogen) atoms. The van der Waals surface area contributed by atoms with Gasteiger partial charge in [-0.1, -0.05) is 45.0 Å². The molecule has 1 atom stereocenters. The van der Waals surface area contributed by atoms with Gasteiger partial charge in [0, 0.05) is 19.1 Å². The molecule has 1 unspecified atom stereocenters. The Balaban J connectivity index is 2.61. The van der Waals surface area contributed by atoms with Crippen LogP contribution in [0.4, 0.5) is 0 Å². The lowest BCUT2D eigenvalue weighted by Gasteiger charge is -2.26. The van der Waals surface area contributed by atoms with Crippen LogP contribution in [-0.2, 0) is 13.0 Å². The van der Waals surface area contributed by atoms with E-state index in [2.05, 4.69) is 69.3 Å². The van der Waals surface area contributed by atoms with Crippen LogP contribution >= 0.6 is 0 Å². The van der Waals surface area contributed by atoms with E-state index in [-0.39, 0.29) is 0 Å². The minimum absolute atomic E-state index is 0.546. The second kappa shape index (κ2) is 7.55. The van der Waals surface area contributed by atoms with Crippen molar-refractivity contribution < 1.29 is 0 Å². The highest BCUT2D eigenvalue weighted by atomic mass is 15.1. The topological polar surface area (TPSA) is 15.3 Å². The lowest BCUT2D eigenvalue weighted by molar-refractivity contribution is 0.288. The Hall–Kier alpha value is -0.860. The Morgan fingerprint density at radius 1 is 1.11 bits per heavy atom. The van der Waals surface area contributed by atoms with E-state index in [1.165, 1.54) is 11.1 Å². The summed E-state index contributed by atoms with van der Waals surface area (Å²) in [4.78, 5) is 2.25.